The van der Waals surface area contributed by atoms with Crippen molar-refractivity contribution in [1.29, 1.82) is 0 Å². The Morgan fingerprint density at radius 1 is 1.20 bits per heavy atom. The number of hydrogen-bond acceptors (Lipinski definition) is 4. The fourth-order valence-electron chi connectivity index (χ4n) is 2.59. The molecule has 0 saturated heterocycles. The summed E-state index contributed by atoms with van der Waals surface area (Å²) in [7, 11) is 3.95. The molecule has 7 heteroatoms. The molecule has 0 fully saturated rings. The van der Waals surface area contributed by atoms with Crippen molar-refractivity contribution in [2.75, 3.05) is 20.6 Å². The summed E-state index contributed by atoms with van der Waals surface area (Å²) in [5.41, 5.74) is 7.54. The maximum atomic E-state index is 12.6. The van der Waals surface area contributed by atoms with Gasteiger partial charge in [0.25, 0.3) is 5.91 Å². The van der Waals surface area contributed by atoms with E-state index in [2.05, 4.69) is 5.32 Å². The van der Waals surface area contributed by atoms with Gasteiger partial charge >= 0.3 is 0 Å². The molecule has 0 saturated carbocycles. The quantitative estimate of drug-likeness (QED) is 0.758. The van der Waals surface area contributed by atoms with E-state index in [9.17, 15) is 4.79 Å². The second-order valence-corrected chi connectivity index (χ2v) is 6.40. The number of rotatable bonds is 7. The molecular formula is C18H29Cl2N3O2. The monoisotopic (exact) mass is 389 g/mol. The van der Waals surface area contributed by atoms with Crippen LogP contribution in [0.3, 0.4) is 0 Å². The second kappa shape index (κ2) is 10.0. The summed E-state index contributed by atoms with van der Waals surface area (Å²) in [5.74, 6) is 0.184. The average Bonchev–Trinajstić information content (AvgIpc) is 2.90. The second-order valence-electron chi connectivity index (χ2n) is 6.40. The Hall–Kier alpha value is -1.27. The molecule has 25 heavy (non-hydrogen) atoms. The van der Waals surface area contributed by atoms with Crippen molar-refractivity contribution in [2.24, 2.45) is 5.73 Å². The minimum absolute atomic E-state index is 0. The molecule has 0 spiro atoms. The number of nitrogens with two attached hydrogens (primary N) is 1. The van der Waals surface area contributed by atoms with Crippen LogP contribution in [0.2, 0.25) is 0 Å². The van der Waals surface area contributed by atoms with Gasteiger partial charge in [-0.05, 0) is 33.0 Å². The Labute approximate surface area is 162 Å². The van der Waals surface area contributed by atoms with Crippen LogP contribution in [0.25, 0.3) is 11.0 Å². The van der Waals surface area contributed by atoms with Gasteiger partial charge in [0, 0.05) is 29.6 Å². The van der Waals surface area contributed by atoms with Gasteiger partial charge in [0.1, 0.15) is 5.58 Å². The van der Waals surface area contributed by atoms with Crippen LogP contribution in [0.1, 0.15) is 42.8 Å². The van der Waals surface area contributed by atoms with Crippen molar-refractivity contribution in [1.82, 2.24) is 10.2 Å². The predicted molar refractivity (Wildman–Crippen MR) is 108 cm³/mol. The molecule has 0 unspecified atom stereocenters. The molecule has 2 aromatic rings. The number of fused-ring (bicyclic) bond motifs is 1. The zero-order chi connectivity index (χ0) is 17.0. The van der Waals surface area contributed by atoms with Crippen LogP contribution in [0.4, 0.5) is 0 Å². The lowest BCUT2D eigenvalue weighted by Crippen LogP contribution is -2.49. The molecular weight excluding hydrogens is 361 g/mol. The Bertz CT molecular complexity index is 682. The van der Waals surface area contributed by atoms with Crippen LogP contribution in [-0.2, 0) is 6.54 Å². The summed E-state index contributed by atoms with van der Waals surface area (Å²) in [6, 6.07) is 7.74. The number of carbonyl (C=O) groups excluding carboxylic acids is 1. The summed E-state index contributed by atoms with van der Waals surface area (Å²) < 4.78 is 5.81. The molecule has 2 rings (SSSR count). The van der Waals surface area contributed by atoms with Gasteiger partial charge in [0.05, 0.1) is 0 Å². The van der Waals surface area contributed by atoms with E-state index in [0.717, 1.165) is 29.4 Å². The van der Waals surface area contributed by atoms with Crippen LogP contribution in [0.15, 0.2) is 28.7 Å². The van der Waals surface area contributed by atoms with Gasteiger partial charge in [0.2, 0.25) is 0 Å². The first-order chi connectivity index (χ1) is 10.9. The van der Waals surface area contributed by atoms with Gasteiger partial charge in [-0.15, -0.1) is 24.8 Å². The van der Waals surface area contributed by atoms with Crippen LogP contribution in [-0.4, -0.2) is 37.0 Å². The summed E-state index contributed by atoms with van der Waals surface area (Å²) in [4.78, 5) is 14.6. The normalized spacial score (nSPS) is 11.1. The third-order valence-electron chi connectivity index (χ3n) is 4.39. The van der Waals surface area contributed by atoms with E-state index >= 15 is 0 Å². The van der Waals surface area contributed by atoms with E-state index in [0.29, 0.717) is 18.8 Å². The van der Waals surface area contributed by atoms with Crippen molar-refractivity contribution in [2.45, 2.75) is 38.8 Å². The zero-order valence-electron chi connectivity index (χ0n) is 15.3. The summed E-state index contributed by atoms with van der Waals surface area (Å²) in [5, 5.41) is 3.92. The van der Waals surface area contributed by atoms with Crippen molar-refractivity contribution in [3.63, 3.8) is 0 Å². The van der Waals surface area contributed by atoms with Crippen molar-refractivity contribution in [3.05, 3.63) is 35.6 Å². The van der Waals surface area contributed by atoms with E-state index in [4.69, 9.17) is 10.2 Å². The number of benzene rings is 1. The SMILES string of the molecule is CCC(N)(CC)CNC(=O)c1oc2ccccc2c1CN(C)C.Cl.Cl. The standard InChI is InChI=1S/C18H27N3O2.2ClH/c1-5-18(19,6-2)12-20-17(22)16-14(11-21(3)4)13-9-7-8-10-15(13)23-16;;/h7-10H,5-6,11-12,19H2,1-4H3,(H,20,22);2*1H. The van der Waals surface area contributed by atoms with E-state index in [1.54, 1.807) is 0 Å². The molecule has 0 aliphatic heterocycles. The Balaban J connectivity index is 0.00000288. The van der Waals surface area contributed by atoms with Crippen molar-refractivity contribution in [3.8, 4) is 0 Å². The molecule has 5 nitrogen and oxygen atoms in total. The van der Waals surface area contributed by atoms with Crippen LogP contribution in [0, 0.1) is 0 Å². The third kappa shape index (κ3) is 5.61. The van der Waals surface area contributed by atoms with Crippen LogP contribution >= 0.6 is 24.8 Å². The number of nitrogens with one attached hydrogen (secondary N) is 1. The predicted octanol–water partition coefficient (Wildman–Crippen LogP) is 3.59. The largest absolute Gasteiger partial charge is 0.451 e. The maximum absolute atomic E-state index is 12.6. The van der Waals surface area contributed by atoms with Gasteiger partial charge in [0.15, 0.2) is 5.76 Å². The fraction of sp³-hybridized carbons (Fsp3) is 0.500. The Morgan fingerprint density at radius 3 is 2.36 bits per heavy atom. The number of amides is 1. The molecule has 1 heterocycles. The molecule has 1 amide bonds. The van der Waals surface area contributed by atoms with Crippen LogP contribution < -0.4 is 11.1 Å². The van der Waals surface area contributed by atoms with Crippen LogP contribution in [0.5, 0.6) is 0 Å². The molecule has 0 radical (unpaired) electrons. The zero-order valence-corrected chi connectivity index (χ0v) is 16.9. The van der Waals surface area contributed by atoms with E-state index in [1.807, 2.05) is 57.1 Å². The molecule has 142 valence electrons. The molecule has 0 aliphatic rings. The Morgan fingerprint density at radius 2 is 1.80 bits per heavy atom. The number of hydrogen-bond donors (Lipinski definition) is 2. The van der Waals surface area contributed by atoms with E-state index < -0.39 is 0 Å². The minimum Gasteiger partial charge on any atom is -0.451 e. The van der Waals surface area contributed by atoms with Gasteiger partial charge in [-0.2, -0.15) is 0 Å². The number of carbonyl (C=O) groups is 1. The molecule has 0 bridgehead atoms. The summed E-state index contributed by atoms with van der Waals surface area (Å²) in [6.07, 6.45) is 1.63. The number of furan rings is 1. The lowest BCUT2D eigenvalue weighted by molar-refractivity contribution is 0.0914. The van der Waals surface area contributed by atoms with Crippen molar-refractivity contribution < 1.29 is 9.21 Å². The first-order valence-corrected chi connectivity index (χ1v) is 8.12. The van der Waals surface area contributed by atoms with Gasteiger partial charge in [-0.1, -0.05) is 32.0 Å². The van der Waals surface area contributed by atoms with Gasteiger partial charge in [-0.25, -0.2) is 0 Å². The first-order valence-electron chi connectivity index (χ1n) is 8.12. The number of nitrogens with zero attached hydrogens (tertiary/aromatic N) is 1. The fourth-order valence-corrected chi connectivity index (χ4v) is 2.59. The first kappa shape index (κ1) is 23.7. The minimum atomic E-state index is -0.372. The van der Waals surface area contributed by atoms with E-state index in [-0.39, 0.29) is 36.3 Å². The molecule has 0 aliphatic carbocycles. The van der Waals surface area contributed by atoms with Crippen molar-refractivity contribution >= 4 is 41.7 Å². The number of para-hydroxylation sites is 1. The lowest BCUT2D eigenvalue weighted by Gasteiger charge is -2.26. The maximum Gasteiger partial charge on any atom is 0.287 e. The highest BCUT2D eigenvalue weighted by molar-refractivity contribution is 5.99. The third-order valence-corrected chi connectivity index (χ3v) is 4.39. The molecule has 1 aromatic carbocycles. The highest BCUT2D eigenvalue weighted by Crippen LogP contribution is 2.27. The lowest BCUT2D eigenvalue weighted by atomic mass is 9.94. The summed E-state index contributed by atoms with van der Waals surface area (Å²) >= 11 is 0. The van der Waals surface area contributed by atoms with E-state index in [1.165, 1.54) is 0 Å². The topological polar surface area (TPSA) is 71.5 Å². The molecule has 1 aromatic heterocycles. The highest BCUT2D eigenvalue weighted by Gasteiger charge is 2.25. The smallest absolute Gasteiger partial charge is 0.287 e. The van der Waals surface area contributed by atoms with Gasteiger partial charge in [-0.3, -0.25) is 4.79 Å². The number of halogens is 2. The molecule has 0 atom stereocenters. The molecule has 3 N–H and O–H groups in total. The average molecular weight is 390 g/mol. The summed E-state index contributed by atoms with van der Waals surface area (Å²) in [6.45, 7) is 5.16. The van der Waals surface area contributed by atoms with Gasteiger partial charge < -0.3 is 20.4 Å². The Kier molecular flexibility index (Phi) is 9.51. The highest BCUT2D eigenvalue weighted by atomic mass is 35.5.